The second-order valence-corrected chi connectivity index (χ2v) is 11.2. The largest absolute Gasteiger partial charge is 0.368 e. The summed E-state index contributed by atoms with van der Waals surface area (Å²) >= 11 is 0. The number of unbranched alkanes of at least 4 members (excludes halogenated alkanes) is 1. The predicted octanol–water partition coefficient (Wildman–Crippen LogP) is -0.223. The van der Waals surface area contributed by atoms with Gasteiger partial charge >= 0.3 is 0 Å². The van der Waals surface area contributed by atoms with Crippen molar-refractivity contribution in [2.45, 2.75) is 115 Å². The van der Waals surface area contributed by atoms with Gasteiger partial charge in [-0.15, -0.1) is 0 Å². The minimum absolute atomic E-state index is 0.247. The van der Waals surface area contributed by atoms with Crippen LogP contribution >= 0.6 is 0 Å². The molecule has 0 saturated heterocycles. The molecule has 42 heavy (non-hydrogen) atoms. The lowest BCUT2D eigenvalue weighted by Gasteiger charge is -2.29. The lowest BCUT2D eigenvalue weighted by Crippen LogP contribution is -2.57. The Morgan fingerprint density at radius 1 is 0.762 bits per heavy atom. The van der Waals surface area contributed by atoms with Crippen LogP contribution in [0, 0.1) is 5.92 Å². The van der Waals surface area contributed by atoms with Gasteiger partial charge in [-0.1, -0.05) is 39.0 Å². The number of hydrogen-bond donors (Lipinski definition) is 7. The molecule has 236 valence electrons. The maximum atomic E-state index is 13.5. The Morgan fingerprint density at radius 2 is 1.38 bits per heavy atom. The standard InChI is InChI=1S/C29H49N7O6/c1-2-20-27(40)32-17-9-7-12-21(26(31)39)33-24(37)14-15-25(38)34-22(13-6-8-16-30)28(41)36-23(29(42)35-20)18-19-10-4-3-5-11-19/h14-15,19-23H,2-13,16-18,30H2,1H3,(H2,31,39)(H,32,40)(H,33,37)(H,34,38)(H,35,42)(H,36,41)/b15-14+/t20-,21+,22+,23+/m1/s1. The Kier molecular flexibility index (Phi) is 15.6. The number of amides is 6. The van der Waals surface area contributed by atoms with Crippen LogP contribution in [0.3, 0.4) is 0 Å². The summed E-state index contributed by atoms with van der Waals surface area (Å²) in [6.45, 7) is 2.50. The number of rotatable bonds is 8. The quantitative estimate of drug-likeness (QED) is 0.188. The predicted molar refractivity (Wildman–Crippen MR) is 157 cm³/mol. The monoisotopic (exact) mass is 591 g/mol. The average molecular weight is 592 g/mol. The molecule has 0 aromatic rings. The van der Waals surface area contributed by atoms with Crippen LogP contribution in [0.1, 0.15) is 90.4 Å². The first kappa shape index (κ1) is 34.7. The zero-order valence-electron chi connectivity index (χ0n) is 24.8. The highest BCUT2D eigenvalue weighted by Crippen LogP contribution is 2.27. The number of nitrogens with two attached hydrogens (primary N) is 2. The maximum Gasteiger partial charge on any atom is 0.244 e. The Hall–Kier alpha value is -3.48. The molecule has 6 amide bonds. The van der Waals surface area contributed by atoms with E-state index in [9.17, 15) is 28.8 Å². The first-order valence-corrected chi connectivity index (χ1v) is 15.3. The minimum Gasteiger partial charge on any atom is -0.368 e. The number of hydrogen-bond acceptors (Lipinski definition) is 7. The van der Waals surface area contributed by atoms with E-state index >= 15 is 0 Å². The fraction of sp³-hybridized carbons (Fsp3) is 0.724. The van der Waals surface area contributed by atoms with Gasteiger partial charge in [0.2, 0.25) is 35.4 Å². The topological polar surface area (TPSA) is 215 Å². The number of carbonyl (C=O) groups excluding carboxylic acids is 6. The molecule has 9 N–H and O–H groups in total. The third kappa shape index (κ3) is 12.6. The summed E-state index contributed by atoms with van der Waals surface area (Å²) in [5.41, 5.74) is 11.0. The van der Waals surface area contributed by atoms with Gasteiger partial charge in [-0.3, -0.25) is 28.8 Å². The van der Waals surface area contributed by atoms with Crippen molar-refractivity contribution in [1.29, 1.82) is 0 Å². The molecule has 0 aromatic carbocycles. The molecular weight excluding hydrogens is 542 g/mol. The summed E-state index contributed by atoms with van der Waals surface area (Å²) in [5.74, 6) is -3.16. The van der Waals surface area contributed by atoms with E-state index in [2.05, 4.69) is 26.6 Å². The van der Waals surface area contributed by atoms with Gasteiger partial charge in [0.05, 0.1) is 0 Å². The Bertz CT molecular complexity index is 966. The van der Waals surface area contributed by atoms with Crippen LogP contribution in [0.15, 0.2) is 12.2 Å². The van der Waals surface area contributed by atoms with Crippen molar-refractivity contribution >= 4 is 35.4 Å². The van der Waals surface area contributed by atoms with Crippen molar-refractivity contribution in [3.63, 3.8) is 0 Å². The SMILES string of the molecule is CC[C@H]1NC(=O)[C@H](CC2CCCCC2)NC(=O)[C@H](CCCCN)NC(=O)/C=C/C(=O)N[C@H](C(N)=O)CCCCNC1=O. The third-order valence-corrected chi connectivity index (χ3v) is 7.81. The molecule has 1 saturated carbocycles. The summed E-state index contributed by atoms with van der Waals surface area (Å²) in [5, 5.41) is 13.6. The Morgan fingerprint density at radius 3 is 2.02 bits per heavy atom. The highest BCUT2D eigenvalue weighted by Gasteiger charge is 2.31. The first-order chi connectivity index (χ1) is 20.1. The van der Waals surface area contributed by atoms with Crippen molar-refractivity contribution in [2.75, 3.05) is 13.1 Å². The van der Waals surface area contributed by atoms with Crippen LogP contribution in [0.4, 0.5) is 0 Å². The van der Waals surface area contributed by atoms with E-state index in [4.69, 9.17) is 11.5 Å². The number of primary amides is 1. The van der Waals surface area contributed by atoms with E-state index in [0.717, 1.165) is 44.3 Å². The molecule has 0 unspecified atom stereocenters. The van der Waals surface area contributed by atoms with Gasteiger partial charge in [-0.2, -0.15) is 0 Å². The van der Waals surface area contributed by atoms with Crippen molar-refractivity contribution in [3.05, 3.63) is 12.2 Å². The molecule has 2 rings (SSSR count). The van der Waals surface area contributed by atoms with Crippen LogP contribution < -0.4 is 38.1 Å². The molecule has 13 nitrogen and oxygen atoms in total. The molecule has 13 heteroatoms. The fourth-order valence-corrected chi connectivity index (χ4v) is 5.33. The van der Waals surface area contributed by atoms with Crippen LogP contribution in [0.25, 0.3) is 0 Å². The molecule has 0 aromatic heterocycles. The highest BCUT2D eigenvalue weighted by atomic mass is 16.2. The molecule has 0 spiro atoms. The highest BCUT2D eigenvalue weighted by molar-refractivity contribution is 6.00. The molecule has 2 aliphatic rings. The molecule has 1 fully saturated rings. The lowest BCUT2D eigenvalue weighted by atomic mass is 9.84. The summed E-state index contributed by atoms with van der Waals surface area (Å²) in [6, 6.07) is -3.61. The normalized spacial score (nSPS) is 27.0. The molecule has 0 bridgehead atoms. The first-order valence-electron chi connectivity index (χ1n) is 15.3. The Labute approximate surface area is 248 Å². The van der Waals surface area contributed by atoms with Gasteiger partial charge in [0, 0.05) is 18.7 Å². The van der Waals surface area contributed by atoms with Crippen molar-refractivity contribution in [1.82, 2.24) is 26.6 Å². The summed E-state index contributed by atoms with van der Waals surface area (Å²) < 4.78 is 0. The molecular formula is C29H49N7O6. The van der Waals surface area contributed by atoms with Gasteiger partial charge < -0.3 is 38.1 Å². The third-order valence-electron chi connectivity index (χ3n) is 7.81. The zero-order chi connectivity index (χ0) is 30.9. The van der Waals surface area contributed by atoms with Crippen LogP contribution in [0.5, 0.6) is 0 Å². The van der Waals surface area contributed by atoms with Gasteiger partial charge in [0.15, 0.2) is 0 Å². The summed E-state index contributed by atoms with van der Waals surface area (Å²) in [7, 11) is 0. The second-order valence-electron chi connectivity index (χ2n) is 11.2. The molecule has 0 radical (unpaired) electrons. The van der Waals surface area contributed by atoms with Gasteiger partial charge in [0.1, 0.15) is 24.2 Å². The van der Waals surface area contributed by atoms with E-state index < -0.39 is 53.7 Å². The van der Waals surface area contributed by atoms with Crippen molar-refractivity contribution in [2.24, 2.45) is 17.4 Å². The van der Waals surface area contributed by atoms with Gasteiger partial charge in [-0.25, -0.2) is 0 Å². The molecule has 1 aliphatic heterocycles. The molecule has 1 aliphatic carbocycles. The van der Waals surface area contributed by atoms with E-state index in [1.807, 2.05) is 0 Å². The van der Waals surface area contributed by atoms with Gasteiger partial charge in [-0.05, 0) is 63.8 Å². The molecule has 1 heterocycles. The maximum absolute atomic E-state index is 13.5. The second kappa shape index (κ2) is 18.9. The van der Waals surface area contributed by atoms with Gasteiger partial charge in [0.25, 0.3) is 0 Å². The smallest absolute Gasteiger partial charge is 0.244 e. The van der Waals surface area contributed by atoms with E-state index in [1.54, 1.807) is 6.92 Å². The summed E-state index contributed by atoms with van der Waals surface area (Å²) in [6.07, 6.45) is 10.6. The Balaban J connectivity index is 2.31. The molecule has 4 atom stereocenters. The number of carbonyl (C=O) groups is 6. The van der Waals surface area contributed by atoms with E-state index in [0.29, 0.717) is 51.6 Å². The van der Waals surface area contributed by atoms with Crippen molar-refractivity contribution in [3.8, 4) is 0 Å². The van der Waals surface area contributed by atoms with E-state index in [1.165, 1.54) is 0 Å². The van der Waals surface area contributed by atoms with Crippen LogP contribution in [-0.4, -0.2) is 72.7 Å². The van der Waals surface area contributed by atoms with Crippen LogP contribution in [0.2, 0.25) is 0 Å². The van der Waals surface area contributed by atoms with E-state index in [-0.39, 0.29) is 24.7 Å². The number of nitrogens with one attached hydrogen (secondary N) is 5. The van der Waals surface area contributed by atoms with Crippen LogP contribution in [-0.2, 0) is 28.8 Å². The minimum atomic E-state index is -0.979. The average Bonchev–Trinajstić information content (AvgIpc) is 2.96. The lowest BCUT2D eigenvalue weighted by molar-refractivity contribution is -0.133. The summed E-state index contributed by atoms with van der Waals surface area (Å²) in [4.78, 5) is 76.7. The zero-order valence-corrected chi connectivity index (χ0v) is 24.8. The van der Waals surface area contributed by atoms with Crippen molar-refractivity contribution < 1.29 is 28.8 Å². The fourth-order valence-electron chi connectivity index (χ4n) is 5.33.